The zero-order valence-corrected chi connectivity index (χ0v) is 10.5. The van der Waals surface area contributed by atoms with Crippen molar-refractivity contribution in [1.29, 1.82) is 0 Å². The highest BCUT2D eigenvalue weighted by Gasteiger charge is 2.07. The van der Waals surface area contributed by atoms with Crippen LogP contribution >= 0.6 is 23.5 Å². The predicted molar refractivity (Wildman–Crippen MR) is 65.5 cm³/mol. The molecule has 0 aliphatic carbocycles. The molecule has 84 valence electrons. The van der Waals surface area contributed by atoms with Crippen molar-refractivity contribution >= 4 is 23.5 Å². The molecule has 0 aromatic carbocycles. The lowest BCUT2D eigenvalue weighted by atomic mass is 10.3. The summed E-state index contributed by atoms with van der Waals surface area (Å²) in [6, 6.07) is 0. The molecular weight excluding hydrogens is 216 g/mol. The van der Waals surface area contributed by atoms with Crippen LogP contribution in [0.1, 0.15) is 13.3 Å². The van der Waals surface area contributed by atoms with Gasteiger partial charge in [0.2, 0.25) is 0 Å². The molecule has 4 heteroatoms. The van der Waals surface area contributed by atoms with Crippen LogP contribution in [0.15, 0.2) is 0 Å². The fourth-order valence-electron chi connectivity index (χ4n) is 1.21. The molecule has 1 rings (SSSR count). The molecule has 0 saturated carbocycles. The smallest absolute Gasteiger partial charge is 0.0663 e. The summed E-state index contributed by atoms with van der Waals surface area (Å²) in [7, 11) is 0. The molecular formula is C10H20O2S2. The van der Waals surface area contributed by atoms with E-state index in [0.717, 1.165) is 49.3 Å². The predicted octanol–water partition coefficient (Wildman–Crippen LogP) is 2.28. The third-order valence-corrected chi connectivity index (χ3v) is 4.06. The molecule has 1 atom stereocenters. The Balaban J connectivity index is 2.17. The molecule has 1 saturated heterocycles. The van der Waals surface area contributed by atoms with E-state index in [0.29, 0.717) is 6.10 Å². The Kier molecular flexibility index (Phi) is 8.06. The SMILES string of the molecule is CCC1CSCCOCCSCCO1. The van der Waals surface area contributed by atoms with Crippen molar-refractivity contribution in [2.45, 2.75) is 19.4 Å². The van der Waals surface area contributed by atoms with Crippen molar-refractivity contribution in [3.63, 3.8) is 0 Å². The van der Waals surface area contributed by atoms with E-state index < -0.39 is 0 Å². The minimum absolute atomic E-state index is 0.444. The zero-order chi connectivity index (χ0) is 10.1. The molecule has 0 radical (unpaired) electrons. The summed E-state index contributed by atoms with van der Waals surface area (Å²) >= 11 is 3.87. The minimum atomic E-state index is 0.444. The van der Waals surface area contributed by atoms with E-state index in [1.807, 2.05) is 23.5 Å². The average Bonchev–Trinajstić information content (AvgIpc) is 2.19. The first-order valence-corrected chi connectivity index (χ1v) is 7.59. The Bertz CT molecular complexity index is 121. The summed E-state index contributed by atoms with van der Waals surface area (Å²) in [4.78, 5) is 0. The van der Waals surface area contributed by atoms with Gasteiger partial charge in [-0.05, 0) is 6.42 Å². The summed E-state index contributed by atoms with van der Waals surface area (Å²) in [5, 5.41) is 0. The standard InChI is InChI=1S/C10H20O2S2/c1-2-10-9-14-7-4-11-3-6-13-8-5-12-10/h10H,2-9H2,1H3. The van der Waals surface area contributed by atoms with Crippen molar-refractivity contribution in [3.05, 3.63) is 0 Å². The van der Waals surface area contributed by atoms with E-state index >= 15 is 0 Å². The monoisotopic (exact) mass is 236 g/mol. The second-order valence-electron chi connectivity index (χ2n) is 3.20. The Morgan fingerprint density at radius 3 is 2.57 bits per heavy atom. The highest BCUT2D eigenvalue weighted by molar-refractivity contribution is 7.99. The highest BCUT2D eigenvalue weighted by Crippen LogP contribution is 2.11. The molecule has 0 aromatic rings. The van der Waals surface area contributed by atoms with Gasteiger partial charge in [-0.15, -0.1) is 0 Å². The first-order chi connectivity index (χ1) is 6.93. The largest absolute Gasteiger partial charge is 0.380 e. The summed E-state index contributed by atoms with van der Waals surface area (Å²) in [6.45, 7) is 4.87. The number of hydrogen-bond donors (Lipinski definition) is 0. The summed E-state index contributed by atoms with van der Waals surface area (Å²) in [5.41, 5.74) is 0. The van der Waals surface area contributed by atoms with Crippen LogP contribution in [0.25, 0.3) is 0 Å². The molecule has 1 fully saturated rings. The number of hydrogen-bond acceptors (Lipinski definition) is 4. The van der Waals surface area contributed by atoms with Gasteiger partial charge in [0.15, 0.2) is 0 Å². The minimum Gasteiger partial charge on any atom is -0.380 e. The van der Waals surface area contributed by atoms with E-state index in [1.54, 1.807) is 0 Å². The van der Waals surface area contributed by atoms with Crippen LogP contribution in [0.5, 0.6) is 0 Å². The second kappa shape index (κ2) is 8.89. The maximum absolute atomic E-state index is 5.78. The Morgan fingerprint density at radius 2 is 1.79 bits per heavy atom. The van der Waals surface area contributed by atoms with E-state index in [4.69, 9.17) is 9.47 Å². The maximum atomic E-state index is 5.78. The van der Waals surface area contributed by atoms with Crippen molar-refractivity contribution in [1.82, 2.24) is 0 Å². The fourth-order valence-corrected chi connectivity index (χ4v) is 2.86. The number of rotatable bonds is 1. The van der Waals surface area contributed by atoms with Crippen molar-refractivity contribution in [2.75, 3.05) is 42.8 Å². The van der Waals surface area contributed by atoms with Gasteiger partial charge in [0.1, 0.15) is 0 Å². The van der Waals surface area contributed by atoms with Gasteiger partial charge in [-0.1, -0.05) is 6.92 Å². The molecule has 0 amide bonds. The van der Waals surface area contributed by atoms with Crippen molar-refractivity contribution in [2.24, 2.45) is 0 Å². The maximum Gasteiger partial charge on any atom is 0.0663 e. The van der Waals surface area contributed by atoms with Crippen LogP contribution in [0.2, 0.25) is 0 Å². The Hall–Kier alpha value is 0.620. The van der Waals surface area contributed by atoms with Crippen LogP contribution in [0.3, 0.4) is 0 Å². The van der Waals surface area contributed by atoms with Crippen LogP contribution in [0.4, 0.5) is 0 Å². The zero-order valence-electron chi connectivity index (χ0n) is 8.87. The van der Waals surface area contributed by atoms with E-state index in [1.165, 1.54) is 0 Å². The van der Waals surface area contributed by atoms with E-state index in [-0.39, 0.29) is 0 Å². The van der Waals surface area contributed by atoms with Crippen molar-refractivity contribution < 1.29 is 9.47 Å². The summed E-state index contributed by atoms with van der Waals surface area (Å²) in [5.74, 6) is 4.42. The Morgan fingerprint density at radius 1 is 1.07 bits per heavy atom. The average molecular weight is 236 g/mol. The van der Waals surface area contributed by atoms with Gasteiger partial charge in [0.05, 0.1) is 25.9 Å². The molecule has 1 aliphatic heterocycles. The van der Waals surface area contributed by atoms with Gasteiger partial charge in [-0.25, -0.2) is 0 Å². The van der Waals surface area contributed by atoms with E-state index in [9.17, 15) is 0 Å². The first kappa shape index (κ1) is 12.7. The van der Waals surface area contributed by atoms with Gasteiger partial charge < -0.3 is 9.47 Å². The molecule has 0 spiro atoms. The van der Waals surface area contributed by atoms with Gasteiger partial charge in [-0.3, -0.25) is 0 Å². The van der Waals surface area contributed by atoms with Gasteiger partial charge in [-0.2, -0.15) is 23.5 Å². The molecule has 0 bridgehead atoms. The Labute approximate surface area is 95.5 Å². The molecule has 2 nitrogen and oxygen atoms in total. The number of ether oxygens (including phenoxy) is 2. The third-order valence-electron chi connectivity index (χ3n) is 2.08. The number of thioether (sulfide) groups is 2. The molecule has 0 aromatic heterocycles. The summed E-state index contributed by atoms with van der Waals surface area (Å²) < 4.78 is 11.3. The highest BCUT2D eigenvalue weighted by atomic mass is 32.2. The third kappa shape index (κ3) is 6.17. The van der Waals surface area contributed by atoms with Gasteiger partial charge >= 0.3 is 0 Å². The van der Waals surface area contributed by atoms with Crippen LogP contribution < -0.4 is 0 Å². The topological polar surface area (TPSA) is 18.5 Å². The van der Waals surface area contributed by atoms with Gasteiger partial charge in [0.25, 0.3) is 0 Å². The molecule has 0 N–H and O–H groups in total. The first-order valence-electron chi connectivity index (χ1n) is 5.28. The van der Waals surface area contributed by atoms with Crippen LogP contribution in [-0.4, -0.2) is 48.9 Å². The lowest BCUT2D eigenvalue weighted by molar-refractivity contribution is 0.0789. The molecule has 1 heterocycles. The molecule has 14 heavy (non-hydrogen) atoms. The normalized spacial score (nSPS) is 27.6. The fraction of sp³-hybridized carbons (Fsp3) is 1.00. The van der Waals surface area contributed by atoms with E-state index in [2.05, 4.69) is 6.92 Å². The second-order valence-corrected chi connectivity index (χ2v) is 5.58. The molecule has 1 aliphatic rings. The molecule has 1 unspecified atom stereocenters. The quantitative estimate of drug-likeness (QED) is 0.695. The van der Waals surface area contributed by atoms with Gasteiger partial charge in [0, 0.05) is 23.0 Å². The lowest BCUT2D eigenvalue weighted by Gasteiger charge is -2.16. The summed E-state index contributed by atoms with van der Waals surface area (Å²) in [6.07, 6.45) is 1.57. The van der Waals surface area contributed by atoms with Crippen LogP contribution in [-0.2, 0) is 9.47 Å². The van der Waals surface area contributed by atoms with Crippen LogP contribution in [0, 0.1) is 0 Å². The lowest BCUT2D eigenvalue weighted by Crippen LogP contribution is -2.18. The van der Waals surface area contributed by atoms with Crippen molar-refractivity contribution in [3.8, 4) is 0 Å².